The van der Waals surface area contributed by atoms with E-state index in [-0.39, 0.29) is 0 Å². The molecule has 3 heterocycles. The van der Waals surface area contributed by atoms with Gasteiger partial charge in [0.2, 0.25) is 0 Å². The van der Waals surface area contributed by atoms with E-state index in [1.807, 2.05) is 19.2 Å². The molecule has 0 saturated carbocycles. The van der Waals surface area contributed by atoms with Crippen molar-refractivity contribution in [3.8, 4) is 11.6 Å². The molecule has 1 saturated heterocycles. The van der Waals surface area contributed by atoms with Crippen LogP contribution in [0.1, 0.15) is 24.4 Å². The highest BCUT2D eigenvalue weighted by Crippen LogP contribution is 2.28. The SMILES string of the molecule is Cn1c(-c2ccco2)nc2cc(C3CCCN3)ccc21. The predicted molar refractivity (Wildman–Crippen MR) is 78.4 cm³/mol. The van der Waals surface area contributed by atoms with E-state index in [4.69, 9.17) is 9.40 Å². The number of hydrogen-bond donors (Lipinski definition) is 1. The van der Waals surface area contributed by atoms with Crippen molar-refractivity contribution in [3.05, 3.63) is 42.2 Å². The fraction of sp³-hybridized carbons (Fsp3) is 0.312. The zero-order valence-electron chi connectivity index (χ0n) is 11.5. The summed E-state index contributed by atoms with van der Waals surface area (Å²) in [4.78, 5) is 4.73. The lowest BCUT2D eigenvalue weighted by Gasteiger charge is -2.10. The van der Waals surface area contributed by atoms with Gasteiger partial charge in [0.05, 0.1) is 17.3 Å². The first-order valence-corrected chi connectivity index (χ1v) is 7.06. The molecule has 4 rings (SSSR count). The van der Waals surface area contributed by atoms with Gasteiger partial charge < -0.3 is 14.3 Å². The molecule has 0 spiro atoms. The largest absolute Gasteiger partial charge is 0.461 e. The Morgan fingerprint density at radius 2 is 2.30 bits per heavy atom. The summed E-state index contributed by atoms with van der Waals surface area (Å²) in [6.45, 7) is 1.11. The molecule has 1 aliphatic rings. The summed E-state index contributed by atoms with van der Waals surface area (Å²) < 4.78 is 7.55. The maximum atomic E-state index is 5.46. The smallest absolute Gasteiger partial charge is 0.176 e. The van der Waals surface area contributed by atoms with E-state index >= 15 is 0 Å². The van der Waals surface area contributed by atoms with Crippen LogP contribution in [0.25, 0.3) is 22.6 Å². The topological polar surface area (TPSA) is 43.0 Å². The zero-order chi connectivity index (χ0) is 13.5. The quantitative estimate of drug-likeness (QED) is 0.775. The minimum Gasteiger partial charge on any atom is -0.461 e. The number of fused-ring (bicyclic) bond motifs is 1. The van der Waals surface area contributed by atoms with Crippen molar-refractivity contribution in [3.63, 3.8) is 0 Å². The minimum atomic E-state index is 0.480. The fourth-order valence-electron chi connectivity index (χ4n) is 3.03. The van der Waals surface area contributed by atoms with Gasteiger partial charge in [-0.25, -0.2) is 4.98 Å². The molecule has 2 aromatic heterocycles. The molecule has 0 radical (unpaired) electrons. The van der Waals surface area contributed by atoms with Crippen LogP contribution in [-0.2, 0) is 7.05 Å². The molecule has 1 unspecified atom stereocenters. The number of nitrogens with one attached hydrogen (secondary N) is 1. The van der Waals surface area contributed by atoms with Crippen molar-refractivity contribution in [1.82, 2.24) is 14.9 Å². The van der Waals surface area contributed by atoms with E-state index in [0.717, 1.165) is 29.2 Å². The van der Waals surface area contributed by atoms with Crippen LogP contribution in [0.15, 0.2) is 41.0 Å². The fourth-order valence-corrected chi connectivity index (χ4v) is 3.03. The molecule has 0 amide bonds. The molecule has 0 aliphatic carbocycles. The predicted octanol–water partition coefficient (Wildman–Crippen LogP) is 3.26. The molecule has 1 atom stereocenters. The molecule has 1 fully saturated rings. The summed E-state index contributed by atoms with van der Waals surface area (Å²) in [6.07, 6.45) is 4.15. The third-order valence-electron chi connectivity index (χ3n) is 4.11. The van der Waals surface area contributed by atoms with Crippen molar-refractivity contribution < 1.29 is 4.42 Å². The summed E-state index contributed by atoms with van der Waals surface area (Å²) in [5.41, 5.74) is 3.50. The van der Waals surface area contributed by atoms with E-state index in [1.165, 1.54) is 18.4 Å². The lowest BCUT2D eigenvalue weighted by Crippen LogP contribution is -2.12. The summed E-state index contributed by atoms with van der Waals surface area (Å²) in [7, 11) is 2.03. The zero-order valence-corrected chi connectivity index (χ0v) is 11.5. The highest BCUT2D eigenvalue weighted by Gasteiger charge is 2.18. The maximum Gasteiger partial charge on any atom is 0.176 e. The summed E-state index contributed by atoms with van der Waals surface area (Å²) in [5, 5.41) is 3.53. The van der Waals surface area contributed by atoms with Gasteiger partial charge in [-0.1, -0.05) is 6.07 Å². The van der Waals surface area contributed by atoms with Gasteiger partial charge in [-0.05, 0) is 49.2 Å². The van der Waals surface area contributed by atoms with Crippen molar-refractivity contribution in [2.75, 3.05) is 6.54 Å². The summed E-state index contributed by atoms with van der Waals surface area (Å²) >= 11 is 0. The van der Waals surface area contributed by atoms with Crippen molar-refractivity contribution in [2.24, 2.45) is 7.05 Å². The first-order chi connectivity index (χ1) is 9.83. The van der Waals surface area contributed by atoms with E-state index in [2.05, 4.69) is 28.1 Å². The molecular weight excluding hydrogens is 250 g/mol. The average molecular weight is 267 g/mol. The first kappa shape index (κ1) is 11.7. The highest BCUT2D eigenvalue weighted by atomic mass is 16.3. The van der Waals surface area contributed by atoms with Crippen molar-refractivity contribution >= 4 is 11.0 Å². The normalized spacial score (nSPS) is 18.9. The van der Waals surface area contributed by atoms with Crippen LogP contribution in [-0.4, -0.2) is 16.1 Å². The van der Waals surface area contributed by atoms with Gasteiger partial charge in [-0.15, -0.1) is 0 Å². The minimum absolute atomic E-state index is 0.480. The van der Waals surface area contributed by atoms with Gasteiger partial charge >= 0.3 is 0 Å². The molecule has 1 aromatic carbocycles. The van der Waals surface area contributed by atoms with E-state index in [9.17, 15) is 0 Å². The first-order valence-electron chi connectivity index (χ1n) is 7.06. The molecule has 3 aromatic rings. The van der Waals surface area contributed by atoms with E-state index in [1.54, 1.807) is 6.26 Å². The van der Waals surface area contributed by atoms with Crippen LogP contribution < -0.4 is 5.32 Å². The molecular formula is C16H17N3O. The summed E-state index contributed by atoms with van der Waals surface area (Å²) in [6, 6.07) is 10.9. The molecule has 20 heavy (non-hydrogen) atoms. The average Bonchev–Trinajstić information content (AvgIpc) is 3.19. The van der Waals surface area contributed by atoms with Crippen LogP contribution in [0, 0.1) is 0 Å². The molecule has 4 heteroatoms. The van der Waals surface area contributed by atoms with Gasteiger partial charge in [0.15, 0.2) is 11.6 Å². The molecule has 1 N–H and O–H groups in total. The number of hydrogen-bond acceptors (Lipinski definition) is 3. The van der Waals surface area contributed by atoms with E-state index < -0.39 is 0 Å². The highest BCUT2D eigenvalue weighted by molar-refractivity contribution is 5.80. The molecule has 0 bridgehead atoms. The standard InChI is InChI=1S/C16H17N3O/c1-19-14-7-6-11(12-4-2-8-17-12)10-13(14)18-16(19)15-5-3-9-20-15/h3,5-7,9-10,12,17H,2,4,8H2,1H3. The maximum absolute atomic E-state index is 5.46. The Morgan fingerprint density at radius 1 is 1.35 bits per heavy atom. The van der Waals surface area contributed by atoms with Crippen LogP contribution in [0.5, 0.6) is 0 Å². The van der Waals surface area contributed by atoms with Gasteiger partial charge in [0.25, 0.3) is 0 Å². The monoisotopic (exact) mass is 267 g/mol. The van der Waals surface area contributed by atoms with Gasteiger partial charge in [-0.3, -0.25) is 0 Å². The number of aryl methyl sites for hydroxylation is 1. The van der Waals surface area contributed by atoms with E-state index in [0.29, 0.717) is 6.04 Å². The van der Waals surface area contributed by atoms with Crippen LogP contribution in [0.3, 0.4) is 0 Å². The third kappa shape index (κ3) is 1.76. The van der Waals surface area contributed by atoms with Gasteiger partial charge in [0.1, 0.15) is 0 Å². The Hall–Kier alpha value is -2.07. The second-order valence-electron chi connectivity index (χ2n) is 5.37. The van der Waals surface area contributed by atoms with Crippen LogP contribution in [0.2, 0.25) is 0 Å². The van der Waals surface area contributed by atoms with Gasteiger partial charge in [0, 0.05) is 13.1 Å². The van der Waals surface area contributed by atoms with Crippen LogP contribution in [0.4, 0.5) is 0 Å². The number of nitrogens with zero attached hydrogens (tertiary/aromatic N) is 2. The molecule has 1 aliphatic heterocycles. The number of furan rings is 1. The van der Waals surface area contributed by atoms with Gasteiger partial charge in [-0.2, -0.15) is 0 Å². The number of benzene rings is 1. The molecule has 102 valence electrons. The second-order valence-corrected chi connectivity index (χ2v) is 5.37. The number of imidazole rings is 1. The second kappa shape index (κ2) is 4.49. The lowest BCUT2D eigenvalue weighted by atomic mass is 10.0. The number of aromatic nitrogens is 2. The Morgan fingerprint density at radius 3 is 3.05 bits per heavy atom. The number of rotatable bonds is 2. The van der Waals surface area contributed by atoms with Crippen LogP contribution >= 0.6 is 0 Å². The summed E-state index contributed by atoms with van der Waals surface area (Å²) in [5.74, 6) is 1.69. The van der Waals surface area contributed by atoms with Crippen molar-refractivity contribution in [2.45, 2.75) is 18.9 Å². The Bertz CT molecular complexity index is 737. The van der Waals surface area contributed by atoms with Crippen molar-refractivity contribution in [1.29, 1.82) is 0 Å². The Kier molecular flexibility index (Phi) is 2.63. The Labute approximate surface area is 117 Å². The Balaban J connectivity index is 1.83. The third-order valence-corrected chi connectivity index (χ3v) is 4.11. The molecule has 4 nitrogen and oxygen atoms in total. The lowest BCUT2D eigenvalue weighted by molar-refractivity contribution is 0.574.